The minimum Gasteiger partial charge on any atom is -0.378 e. The number of nitrogens with zero attached hydrogens (tertiary/aromatic N) is 3. The Morgan fingerprint density at radius 1 is 1.36 bits per heavy atom. The van der Waals surface area contributed by atoms with Crippen LogP contribution < -0.4 is 10.2 Å². The minimum atomic E-state index is -0.299. The van der Waals surface area contributed by atoms with E-state index in [9.17, 15) is 9.59 Å². The molecular formula is C18H26N4O3. The van der Waals surface area contributed by atoms with Crippen LogP contribution in [0.25, 0.3) is 0 Å². The number of rotatable bonds is 5. The van der Waals surface area contributed by atoms with Gasteiger partial charge in [0.15, 0.2) is 0 Å². The molecule has 7 nitrogen and oxygen atoms in total. The summed E-state index contributed by atoms with van der Waals surface area (Å²) in [6, 6.07) is 3.77. The van der Waals surface area contributed by atoms with Crippen LogP contribution in [0.1, 0.15) is 20.3 Å². The molecule has 0 aliphatic carbocycles. The van der Waals surface area contributed by atoms with Gasteiger partial charge in [0.2, 0.25) is 11.8 Å². The first-order chi connectivity index (χ1) is 12.0. The molecule has 136 valence electrons. The number of amides is 2. The van der Waals surface area contributed by atoms with Crippen LogP contribution in [-0.4, -0.2) is 61.1 Å². The Morgan fingerprint density at radius 3 is 2.76 bits per heavy atom. The Morgan fingerprint density at radius 2 is 2.12 bits per heavy atom. The second-order valence-corrected chi connectivity index (χ2v) is 7.08. The van der Waals surface area contributed by atoms with Gasteiger partial charge in [-0.2, -0.15) is 0 Å². The van der Waals surface area contributed by atoms with Crippen LogP contribution in [-0.2, 0) is 14.3 Å². The van der Waals surface area contributed by atoms with Gasteiger partial charge in [-0.3, -0.25) is 9.59 Å². The standard InChI is InChI=1S/C18H26N4O3/c1-13(2)11-22-12-14(9-17(22)23)18(24)20-16-4-3-15(10-19-16)21-5-7-25-8-6-21/h3-4,10,13-14H,5-9,11-12H2,1-2H3,(H,19,20,24)/t14-/m0/s1. The summed E-state index contributed by atoms with van der Waals surface area (Å²) < 4.78 is 5.35. The lowest BCUT2D eigenvalue weighted by Crippen LogP contribution is -2.36. The van der Waals surface area contributed by atoms with Crippen LogP contribution >= 0.6 is 0 Å². The summed E-state index contributed by atoms with van der Waals surface area (Å²) >= 11 is 0. The molecule has 0 aromatic carbocycles. The van der Waals surface area contributed by atoms with Crippen molar-refractivity contribution in [2.45, 2.75) is 20.3 Å². The third-order valence-corrected chi connectivity index (χ3v) is 4.55. The predicted molar refractivity (Wildman–Crippen MR) is 95.4 cm³/mol. The number of likely N-dealkylation sites (tertiary alicyclic amines) is 1. The Hall–Kier alpha value is -2.15. The number of morpholine rings is 1. The van der Waals surface area contributed by atoms with Crippen molar-refractivity contribution in [3.8, 4) is 0 Å². The number of hydrogen-bond acceptors (Lipinski definition) is 5. The Balaban J connectivity index is 1.55. The van der Waals surface area contributed by atoms with Gasteiger partial charge >= 0.3 is 0 Å². The number of carbonyl (C=O) groups is 2. The lowest BCUT2D eigenvalue weighted by Gasteiger charge is -2.28. The summed E-state index contributed by atoms with van der Waals surface area (Å²) in [4.78, 5) is 32.8. The largest absolute Gasteiger partial charge is 0.378 e. The van der Waals surface area contributed by atoms with Crippen molar-refractivity contribution in [1.29, 1.82) is 0 Å². The molecule has 0 bridgehead atoms. The van der Waals surface area contributed by atoms with Crippen molar-refractivity contribution in [2.75, 3.05) is 49.6 Å². The highest BCUT2D eigenvalue weighted by molar-refractivity contribution is 5.96. The van der Waals surface area contributed by atoms with E-state index in [1.807, 2.05) is 12.1 Å². The van der Waals surface area contributed by atoms with Crippen LogP contribution in [0.3, 0.4) is 0 Å². The molecule has 1 aromatic rings. The number of aromatic nitrogens is 1. The molecule has 1 N–H and O–H groups in total. The maximum absolute atomic E-state index is 12.4. The van der Waals surface area contributed by atoms with Gasteiger partial charge in [-0.05, 0) is 18.1 Å². The van der Waals surface area contributed by atoms with Gasteiger partial charge in [-0.25, -0.2) is 4.98 Å². The van der Waals surface area contributed by atoms with Crippen molar-refractivity contribution in [3.05, 3.63) is 18.3 Å². The molecular weight excluding hydrogens is 320 g/mol. The van der Waals surface area contributed by atoms with Gasteiger partial charge < -0.3 is 19.9 Å². The summed E-state index contributed by atoms with van der Waals surface area (Å²) in [5.41, 5.74) is 1.03. The molecule has 0 unspecified atom stereocenters. The molecule has 0 spiro atoms. The maximum atomic E-state index is 12.4. The zero-order valence-electron chi connectivity index (χ0n) is 14.9. The number of hydrogen-bond donors (Lipinski definition) is 1. The van der Waals surface area contributed by atoms with Gasteiger partial charge in [-0.1, -0.05) is 13.8 Å². The van der Waals surface area contributed by atoms with Crippen LogP contribution in [0.2, 0.25) is 0 Å². The fraction of sp³-hybridized carbons (Fsp3) is 0.611. The maximum Gasteiger partial charge on any atom is 0.230 e. The topological polar surface area (TPSA) is 74.8 Å². The van der Waals surface area contributed by atoms with Crippen LogP contribution in [0.15, 0.2) is 18.3 Å². The molecule has 2 aliphatic heterocycles. The first-order valence-electron chi connectivity index (χ1n) is 8.90. The van der Waals surface area contributed by atoms with Crippen molar-refractivity contribution in [1.82, 2.24) is 9.88 Å². The summed E-state index contributed by atoms with van der Waals surface area (Å²) in [7, 11) is 0. The number of nitrogens with one attached hydrogen (secondary N) is 1. The summed E-state index contributed by atoms with van der Waals surface area (Å²) in [5, 5.41) is 2.84. The summed E-state index contributed by atoms with van der Waals surface area (Å²) in [5.74, 6) is 0.555. The number of pyridine rings is 1. The van der Waals surface area contributed by atoms with E-state index in [2.05, 4.69) is 29.0 Å². The van der Waals surface area contributed by atoms with Crippen molar-refractivity contribution < 1.29 is 14.3 Å². The summed E-state index contributed by atoms with van der Waals surface area (Å²) in [6.07, 6.45) is 2.05. The smallest absolute Gasteiger partial charge is 0.230 e. The molecule has 0 radical (unpaired) electrons. The summed E-state index contributed by atoms with van der Waals surface area (Å²) in [6.45, 7) is 8.49. The van der Waals surface area contributed by atoms with E-state index in [-0.39, 0.29) is 24.2 Å². The zero-order chi connectivity index (χ0) is 17.8. The number of carbonyl (C=O) groups excluding carboxylic acids is 2. The highest BCUT2D eigenvalue weighted by Crippen LogP contribution is 2.21. The Bertz CT molecular complexity index is 611. The zero-order valence-corrected chi connectivity index (χ0v) is 14.9. The molecule has 1 atom stereocenters. The fourth-order valence-electron chi connectivity index (χ4n) is 3.26. The van der Waals surface area contributed by atoms with Crippen LogP contribution in [0, 0.1) is 11.8 Å². The molecule has 25 heavy (non-hydrogen) atoms. The third kappa shape index (κ3) is 4.48. The highest BCUT2D eigenvalue weighted by atomic mass is 16.5. The van der Waals surface area contributed by atoms with Crippen LogP contribution in [0.5, 0.6) is 0 Å². The van der Waals surface area contributed by atoms with E-state index < -0.39 is 0 Å². The van der Waals surface area contributed by atoms with E-state index in [1.54, 1.807) is 11.1 Å². The van der Waals surface area contributed by atoms with E-state index in [0.717, 1.165) is 32.0 Å². The molecule has 2 fully saturated rings. The molecule has 0 saturated carbocycles. The van der Waals surface area contributed by atoms with Gasteiger partial charge in [-0.15, -0.1) is 0 Å². The lowest BCUT2D eigenvalue weighted by molar-refractivity contribution is -0.128. The monoisotopic (exact) mass is 346 g/mol. The van der Waals surface area contributed by atoms with E-state index in [1.165, 1.54) is 0 Å². The second kappa shape index (κ2) is 7.82. The second-order valence-electron chi connectivity index (χ2n) is 7.08. The van der Waals surface area contributed by atoms with Crippen molar-refractivity contribution in [2.24, 2.45) is 11.8 Å². The number of ether oxygens (including phenoxy) is 1. The van der Waals surface area contributed by atoms with Crippen LogP contribution in [0.4, 0.5) is 11.5 Å². The van der Waals surface area contributed by atoms with Crippen molar-refractivity contribution >= 4 is 23.3 Å². The minimum absolute atomic E-state index is 0.0597. The highest BCUT2D eigenvalue weighted by Gasteiger charge is 2.34. The molecule has 2 aliphatic rings. The number of anilines is 2. The Labute approximate surface area is 148 Å². The fourth-order valence-corrected chi connectivity index (χ4v) is 3.26. The van der Waals surface area contributed by atoms with Gasteiger partial charge in [0.1, 0.15) is 5.82 Å². The van der Waals surface area contributed by atoms with Gasteiger partial charge in [0.05, 0.1) is 31.0 Å². The van der Waals surface area contributed by atoms with Gasteiger partial charge in [0, 0.05) is 32.6 Å². The molecule has 2 saturated heterocycles. The average molecular weight is 346 g/mol. The van der Waals surface area contributed by atoms with Gasteiger partial charge in [0.25, 0.3) is 0 Å². The van der Waals surface area contributed by atoms with E-state index >= 15 is 0 Å². The van der Waals surface area contributed by atoms with E-state index in [4.69, 9.17) is 4.74 Å². The van der Waals surface area contributed by atoms with E-state index in [0.29, 0.717) is 24.8 Å². The first-order valence-corrected chi connectivity index (χ1v) is 8.90. The predicted octanol–water partition coefficient (Wildman–Crippen LogP) is 1.36. The molecule has 2 amide bonds. The molecule has 7 heteroatoms. The Kier molecular flexibility index (Phi) is 5.53. The molecule has 3 heterocycles. The SMILES string of the molecule is CC(C)CN1C[C@@H](C(=O)Nc2ccc(N3CCOCC3)cn2)CC1=O. The molecule has 3 rings (SSSR count). The lowest BCUT2D eigenvalue weighted by atomic mass is 10.1. The molecule has 1 aromatic heterocycles. The first kappa shape index (κ1) is 17.7. The normalized spacial score (nSPS) is 21.1. The quantitative estimate of drug-likeness (QED) is 0.871. The third-order valence-electron chi connectivity index (χ3n) is 4.55. The van der Waals surface area contributed by atoms with Crippen molar-refractivity contribution in [3.63, 3.8) is 0 Å². The average Bonchev–Trinajstić information content (AvgIpc) is 2.96.